The van der Waals surface area contributed by atoms with E-state index in [1.54, 1.807) is 19.2 Å². The maximum Gasteiger partial charge on any atom is 0.407 e. The number of fused-ring (bicyclic) bond motifs is 2. The molecule has 1 N–H and O–H groups in total. The summed E-state index contributed by atoms with van der Waals surface area (Å²) in [6.07, 6.45) is 9.07. The number of aromatic nitrogens is 1. The van der Waals surface area contributed by atoms with E-state index in [0.717, 1.165) is 42.5 Å². The molecule has 2 heterocycles. The minimum absolute atomic E-state index is 0.0679. The summed E-state index contributed by atoms with van der Waals surface area (Å²) >= 11 is 0. The van der Waals surface area contributed by atoms with Gasteiger partial charge in [-0.25, -0.2) is 9.18 Å². The van der Waals surface area contributed by atoms with Crippen LogP contribution in [0.1, 0.15) is 45.2 Å². The number of nitrogens with zero attached hydrogens (tertiary/aromatic N) is 1. The fourth-order valence-electron chi connectivity index (χ4n) is 6.64. The number of hydrogen-bond acceptors (Lipinski definition) is 5. The molecule has 0 unspecified atom stereocenters. The summed E-state index contributed by atoms with van der Waals surface area (Å²) in [5.41, 5.74) is 2.48. The highest BCUT2D eigenvalue weighted by Gasteiger charge is 2.54. The van der Waals surface area contributed by atoms with Crippen LogP contribution < -0.4 is 5.32 Å². The Kier molecular flexibility index (Phi) is 7.08. The first-order valence-electron chi connectivity index (χ1n) is 13.0. The fraction of sp³-hybridized carbons (Fsp3) is 0.483. The third-order valence-corrected chi connectivity index (χ3v) is 8.18. The molecule has 2 aromatic rings. The Labute approximate surface area is 211 Å². The lowest BCUT2D eigenvalue weighted by Gasteiger charge is -2.47. The summed E-state index contributed by atoms with van der Waals surface area (Å²) in [6, 6.07) is 10.4. The van der Waals surface area contributed by atoms with Crippen molar-refractivity contribution >= 4 is 18.1 Å². The van der Waals surface area contributed by atoms with Crippen LogP contribution >= 0.6 is 0 Å². The Balaban J connectivity index is 1.34. The van der Waals surface area contributed by atoms with Gasteiger partial charge in [0, 0.05) is 23.7 Å². The molecule has 2 aliphatic carbocycles. The summed E-state index contributed by atoms with van der Waals surface area (Å²) in [6.45, 7) is 4.15. The molecule has 1 aromatic heterocycles. The number of nitrogens with one attached hydrogen (secondary N) is 1. The molecule has 190 valence electrons. The molecule has 0 spiro atoms. The minimum atomic E-state index is -0.368. The van der Waals surface area contributed by atoms with Crippen molar-refractivity contribution in [3.8, 4) is 11.1 Å². The molecule has 7 atom stereocenters. The number of allylic oxidation sites excluding steroid dienone is 1. The van der Waals surface area contributed by atoms with Gasteiger partial charge in [-0.2, -0.15) is 0 Å². The molecule has 1 saturated heterocycles. The number of pyridine rings is 1. The third-order valence-electron chi connectivity index (χ3n) is 8.18. The highest BCUT2D eigenvalue weighted by atomic mass is 19.1. The SMILES string of the molecule is CCOC(=O)N[C@H]1CC[C@H]2[C@@H](C1)C[C@@H]1C(=O)O[C@H](C)[C@@H]1[C@@H]2/C=C/c1ccc(-c2cccc(F)c2)cn1. The zero-order valence-electron chi connectivity index (χ0n) is 20.7. The molecule has 7 heteroatoms. The van der Waals surface area contributed by atoms with E-state index in [0.29, 0.717) is 18.4 Å². The lowest BCUT2D eigenvalue weighted by molar-refractivity contribution is -0.144. The summed E-state index contributed by atoms with van der Waals surface area (Å²) in [7, 11) is 0. The second kappa shape index (κ2) is 10.4. The van der Waals surface area contributed by atoms with Crippen molar-refractivity contribution in [1.82, 2.24) is 10.3 Å². The Morgan fingerprint density at radius 2 is 2.08 bits per heavy atom. The Bertz CT molecular complexity index is 1130. The van der Waals surface area contributed by atoms with E-state index < -0.39 is 0 Å². The minimum Gasteiger partial charge on any atom is -0.462 e. The smallest absolute Gasteiger partial charge is 0.407 e. The van der Waals surface area contributed by atoms with Gasteiger partial charge in [0.05, 0.1) is 18.2 Å². The number of ether oxygens (including phenoxy) is 2. The Morgan fingerprint density at radius 3 is 2.83 bits per heavy atom. The molecule has 1 aromatic carbocycles. The summed E-state index contributed by atoms with van der Waals surface area (Å²) in [4.78, 5) is 29.2. The summed E-state index contributed by atoms with van der Waals surface area (Å²) < 4.78 is 24.3. The van der Waals surface area contributed by atoms with Crippen LogP contribution in [-0.4, -0.2) is 35.8 Å². The first-order valence-corrected chi connectivity index (χ1v) is 13.0. The van der Waals surface area contributed by atoms with Crippen LogP contribution in [0, 0.1) is 35.4 Å². The largest absolute Gasteiger partial charge is 0.462 e. The number of rotatable bonds is 5. The number of benzene rings is 1. The molecular weight excluding hydrogens is 459 g/mol. The average molecular weight is 493 g/mol. The van der Waals surface area contributed by atoms with E-state index >= 15 is 0 Å². The maximum absolute atomic E-state index is 13.6. The number of amides is 1. The van der Waals surface area contributed by atoms with Crippen LogP contribution in [0.25, 0.3) is 17.2 Å². The van der Waals surface area contributed by atoms with Gasteiger partial charge in [-0.3, -0.25) is 9.78 Å². The first-order chi connectivity index (χ1) is 17.4. The van der Waals surface area contributed by atoms with Gasteiger partial charge in [0.1, 0.15) is 11.9 Å². The number of carbonyl (C=O) groups excluding carboxylic acids is 2. The molecule has 2 saturated carbocycles. The number of halogens is 1. The molecule has 1 amide bonds. The lowest BCUT2D eigenvalue weighted by atomic mass is 9.57. The number of alkyl carbamates (subject to hydrolysis) is 1. The van der Waals surface area contributed by atoms with Gasteiger partial charge in [-0.15, -0.1) is 0 Å². The van der Waals surface area contributed by atoms with Crippen LogP contribution in [0.4, 0.5) is 9.18 Å². The number of esters is 1. The molecule has 36 heavy (non-hydrogen) atoms. The van der Waals surface area contributed by atoms with E-state index in [4.69, 9.17) is 9.47 Å². The number of hydrogen-bond donors (Lipinski definition) is 1. The molecule has 0 bridgehead atoms. The molecule has 3 aliphatic rings. The molecule has 1 aliphatic heterocycles. The standard InChI is InChI=1S/C29H33FN2O4/c1-3-35-29(34)32-23-10-11-24-20(14-23)15-26-27(17(2)36-28(26)33)25(24)12-9-22-8-7-19(16-31-22)18-5-4-6-21(30)13-18/h4-9,12-13,16-17,20,23-27H,3,10-11,14-15H2,1-2H3,(H,32,34)/b12-9+/t17-,20+,23+,24+,25-,26+,27-/m1/s1. The van der Waals surface area contributed by atoms with Crippen LogP contribution in [0.5, 0.6) is 0 Å². The molecule has 6 nitrogen and oxygen atoms in total. The van der Waals surface area contributed by atoms with Crippen LogP contribution in [0.15, 0.2) is 48.7 Å². The van der Waals surface area contributed by atoms with Crippen molar-refractivity contribution in [1.29, 1.82) is 0 Å². The zero-order valence-corrected chi connectivity index (χ0v) is 20.7. The highest BCUT2D eigenvalue weighted by molar-refractivity contribution is 5.75. The molecule has 3 fully saturated rings. The van der Waals surface area contributed by atoms with E-state index in [1.807, 2.05) is 31.2 Å². The molecular formula is C29H33FN2O4. The van der Waals surface area contributed by atoms with Gasteiger partial charge in [-0.05, 0) is 87.1 Å². The van der Waals surface area contributed by atoms with Crippen molar-refractivity contribution in [2.45, 2.75) is 51.7 Å². The van der Waals surface area contributed by atoms with Gasteiger partial charge in [0.15, 0.2) is 0 Å². The van der Waals surface area contributed by atoms with Crippen molar-refractivity contribution in [3.63, 3.8) is 0 Å². The monoisotopic (exact) mass is 492 g/mol. The van der Waals surface area contributed by atoms with Gasteiger partial charge in [0.25, 0.3) is 0 Å². The van der Waals surface area contributed by atoms with Gasteiger partial charge >= 0.3 is 12.1 Å². The number of carbonyl (C=O) groups is 2. The van der Waals surface area contributed by atoms with E-state index in [-0.39, 0.29) is 47.8 Å². The fourth-order valence-corrected chi connectivity index (χ4v) is 6.64. The van der Waals surface area contributed by atoms with E-state index in [2.05, 4.69) is 16.4 Å². The van der Waals surface area contributed by atoms with Crippen LogP contribution in [0.3, 0.4) is 0 Å². The van der Waals surface area contributed by atoms with Crippen molar-refractivity contribution < 1.29 is 23.5 Å². The predicted octanol–water partition coefficient (Wildman–Crippen LogP) is 5.63. The van der Waals surface area contributed by atoms with Crippen molar-refractivity contribution in [2.75, 3.05) is 6.61 Å². The van der Waals surface area contributed by atoms with Crippen molar-refractivity contribution in [2.24, 2.45) is 29.6 Å². The van der Waals surface area contributed by atoms with Gasteiger partial charge < -0.3 is 14.8 Å². The number of cyclic esters (lactones) is 1. The zero-order chi connectivity index (χ0) is 25.2. The lowest BCUT2D eigenvalue weighted by Crippen LogP contribution is -2.48. The summed E-state index contributed by atoms with van der Waals surface area (Å²) in [5, 5.41) is 3.00. The second-order valence-electron chi connectivity index (χ2n) is 10.3. The highest BCUT2D eigenvalue weighted by Crippen LogP contribution is 2.53. The third kappa shape index (κ3) is 5.01. The second-order valence-corrected chi connectivity index (χ2v) is 10.3. The normalized spacial score (nSPS) is 31.4. The average Bonchev–Trinajstić information content (AvgIpc) is 3.15. The van der Waals surface area contributed by atoms with Crippen molar-refractivity contribution in [3.05, 3.63) is 60.2 Å². The Morgan fingerprint density at radius 1 is 1.22 bits per heavy atom. The Hall–Kier alpha value is -3.22. The molecule has 0 radical (unpaired) electrons. The quantitative estimate of drug-likeness (QED) is 0.548. The van der Waals surface area contributed by atoms with Gasteiger partial charge in [0.2, 0.25) is 0 Å². The van der Waals surface area contributed by atoms with Crippen LogP contribution in [-0.2, 0) is 14.3 Å². The predicted molar refractivity (Wildman–Crippen MR) is 134 cm³/mol. The summed E-state index contributed by atoms with van der Waals surface area (Å²) in [5.74, 6) is 0.629. The first kappa shape index (κ1) is 24.5. The topological polar surface area (TPSA) is 77.5 Å². The maximum atomic E-state index is 13.6. The van der Waals surface area contributed by atoms with Gasteiger partial charge in [-0.1, -0.05) is 24.3 Å². The van der Waals surface area contributed by atoms with E-state index in [9.17, 15) is 14.0 Å². The van der Waals surface area contributed by atoms with E-state index in [1.165, 1.54) is 12.1 Å². The molecule has 5 rings (SSSR count). The van der Waals surface area contributed by atoms with Crippen LogP contribution in [0.2, 0.25) is 0 Å².